The normalized spacial score (nSPS) is 16.9. The van der Waals surface area contributed by atoms with Gasteiger partial charge in [-0.25, -0.2) is 9.18 Å². The first-order valence-corrected chi connectivity index (χ1v) is 10.8. The van der Waals surface area contributed by atoms with Crippen LogP contribution in [0.5, 0.6) is 0 Å². The minimum Gasteiger partial charge on any atom is -0.481 e. The Kier molecular flexibility index (Phi) is 8.28. The standard InChI is InChI=1S/C24H22F4N2O6/c25-13-19(31)16(12-20(32)33)29-22(34)18-11-10-14-6-4-5-9-17(14)30(18)23(35)36-21(24(26,27)28)15-7-2-1-3-8-15/h1-9,16,18,21H,10-13H2,(H,29,34)(H,32,33). The summed E-state index contributed by atoms with van der Waals surface area (Å²) in [5.74, 6) is -3.71. The summed E-state index contributed by atoms with van der Waals surface area (Å²) in [6.07, 6.45) is -9.79. The number of amides is 2. The maximum Gasteiger partial charge on any atom is 0.429 e. The third-order valence-corrected chi connectivity index (χ3v) is 5.58. The molecule has 0 fully saturated rings. The van der Waals surface area contributed by atoms with E-state index in [4.69, 9.17) is 9.84 Å². The first kappa shape index (κ1) is 26.6. The second-order valence-corrected chi connectivity index (χ2v) is 8.03. The summed E-state index contributed by atoms with van der Waals surface area (Å²) >= 11 is 0. The van der Waals surface area contributed by atoms with Crippen LogP contribution in [0, 0.1) is 0 Å². The Morgan fingerprint density at radius 1 is 1.06 bits per heavy atom. The number of aryl methyl sites for hydroxylation is 1. The number of hydrogen-bond donors (Lipinski definition) is 2. The van der Waals surface area contributed by atoms with Crippen LogP contribution in [0.4, 0.5) is 28.0 Å². The van der Waals surface area contributed by atoms with Crippen LogP contribution in [0.25, 0.3) is 0 Å². The number of carbonyl (C=O) groups is 4. The van der Waals surface area contributed by atoms with Crippen LogP contribution < -0.4 is 10.2 Å². The van der Waals surface area contributed by atoms with Crippen molar-refractivity contribution in [3.05, 3.63) is 65.7 Å². The van der Waals surface area contributed by atoms with Crippen molar-refractivity contribution in [2.45, 2.75) is 43.6 Å². The van der Waals surface area contributed by atoms with Gasteiger partial charge in [0.15, 0.2) is 5.78 Å². The number of anilines is 1. The Morgan fingerprint density at radius 2 is 1.69 bits per heavy atom. The highest BCUT2D eigenvalue weighted by atomic mass is 19.4. The number of hydrogen-bond acceptors (Lipinski definition) is 5. The lowest BCUT2D eigenvalue weighted by molar-refractivity contribution is -0.206. The minimum atomic E-state index is -4.97. The molecular formula is C24H22F4N2O6. The molecule has 3 atom stereocenters. The van der Waals surface area contributed by atoms with Crippen molar-refractivity contribution in [3.8, 4) is 0 Å². The van der Waals surface area contributed by atoms with Crippen LogP contribution in [0.1, 0.15) is 30.1 Å². The van der Waals surface area contributed by atoms with Crippen molar-refractivity contribution >= 4 is 29.4 Å². The molecule has 0 bridgehead atoms. The lowest BCUT2D eigenvalue weighted by atomic mass is 9.95. The average molecular weight is 510 g/mol. The van der Waals surface area contributed by atoms with Crippen molar-refractivity contribution in [3.63, 3.8) is 0 Å². The predicted molar refractivity (Wildman–Crippen MR) is 118 cm³/mol. The fraction of sp³-hybridized carbons (Fsp3) is 0.333. The van der Waals surface area contributed by atoms with E-state index in [0.717, 1.165) is 17.0 Å². The molecule has 1 heterocycles. The Labute approximate surface area is 202 Å². The molecule has 12 heteroatoms. The first-order chi connectivity index (χ1) is 17.0. The number of nitrogens with zero attached hydrogens (tertiary/aromatic N) is 1. The highest BCUT2D eigenvalue weighted by Gasteiger charge is 2.46. The number of carbonyl (C=O) groups excluding carboxylic acids is 3. The van der Waals surface area contributed by atoms with E-state index in [0.29, 0.717) is 5.56 Å². The Bertz CT molecular complexity index is 1130. The van der Waals surface area contributed by atoms with Crippen LogP contribution in [-0.4, -0.2) is 53.8 Å². The van der Waals surface area contributed by atoms with Gasteiger partial charge < -0.3 is 15.2 Å². The van der Waals surface area contributed by atoms with E-state index in [1.807, 2.05) is 0 Å². The maximum atomic E-state index is 13.8. The number of para-hydroxylation sites is 1. The van der Waals surface area contributed by atoms with Gasteiger partial charge in [0.05, 0.1) is 12.1 Å². The summed E-state index contributed by atoms with van der Waals surface area (Å²) in [4.78, 5) is 49.8. The lowest BCUT2D eigenvalue weighted by Gasteiger charge is -2.37. The molecule has 8 nitrogen and oxygen atoms in total. The zero-order valence-corrected chi connectivity index (χ0v) is 18.7. The predicted octanol–water partition coefficient (Wildman–Crippen LogP) is 3.75. The molecule has 0 aliphatic carbocycles. The van der Waals surface area contributed by atoms with Crippen molar-refractivity contribution in [2.24, 2.45) is 0 Å². The molecule has 2 amide bonds. The van der Waals surface area contributed by atoms with Crippen molar-refractivity contribution in [1.82, 2.24) is 5.32 Å². The summed E-state index contributed by atoms with van der Waals surface area (Å²) < 4.78 is 59.2. The smallest absolute Gasteiger partial charge is 0.429 e. The number of carboxylic acids is 1. The van der Waals surface area contributed by atoms with E-state index >= 15 is 0 Å². The van der Waals surface area contributed by atoms with Gasteiger partial charge in [0.2, 0.25) is 12.0 Å². The third-order valence-electron chi connectivity index (χ3n) is 5.58. The van der Waals surface area contributed by atoms with Gasteiger partial charge in [-0.2, -0.15) is 13.2 Å². The molecule has 3 unspecified atom stereocenters. The van der Waals surface area contributed by atoms with E-state index in [1.54, 1.807) is 12.1 Å². The number of carboxylic acid groups (broad SMARTS) is 1. The van der Waals surface area contributed by atoms with Gasteiger partial charge in [-0.15, -0.1) is 0 Å². The molecule has 0 radical (unpaired) electrons. The summed E-state index contributed by atoms with van der Waals surface area (Å²) in [5, 5.41) is 11.1. The number of halogens is 4. The average Bonchev–Trinajstić information content (AvgIpc) is 2.84. The van der Waals surface area contributed by atoms with Gasteiger partial charge >= 0.3 is 18.2 Å². The number of Topliss-reactive ketones (excluding diaryl/α,β-unsaturated/α-hetero) is 1. The SMILES string of the molecule is O=C(O)CC(NC(=O)C1CCc2ccccc2N1C(=O)OC(c1ccccc1)C(F)(F)F)C(=O)CF. The first-order valence-electron chi connectivity index (χ1n) is 10.8. The molecule has 3 rings (SSSR count). The second-order valence-electron chi connectivity index (χ2n) is 8.03. The number of fused-ring (bicyclic) bond motifs is 1. The zero-order valence-electron chi connectivity index (χ0n) is 18.7. The number of ketones is 1. The van der Waals surface area contributed by atoms with Crippen LogP contribution in [0.15, 0.2) is 54.6 Å². The molecule has 2 N–H and O–H groups in total. The summed E-state index contributed by atoms with van der Waals surface area (Å²) in [6, 6.07) is 9.50. The number of ether oxygens (including phenoxy) is 1. The molecule has 0 aromatic heterocycles. The van der Waals surface area contributed by atoms with E-state index < -0.39 is 61.2 Å². The summed E-state index contributed by atoms with van der Waals surface area (Å²) in [7, 11) is 0. The van der Waals surface area contributed by atoms with Gasteiger partial charge in [0.25, 0.3) is 0 Å². The summed E-state index contributed by atoms with van der Waals surface area (Å²) in [6.45, 7) is -1.54. The highest BCUT2D eigenvalue weighted by Crippen LogP contribution is 2.38. The lowest BCUT2D eigenvalue weighted by Crippen LogP contribution is -2.56. The molecule has 36 heavy (non-hydrogen) atoms. The highest BCUT2D eigenvalue weighted by molar-refractivity contribution is 6.01. The van der Waals surface area contributed by atoms with Crippen molar-refractivity contribution < 1.29 is 46.6 Å². The monoisotopic (exact) mass is 510 g/mol. The van der Waals surface area contributed by atoms with E-state index in [2.05, 4.69) is 5.32 Å². The van der Waals surface area contributed by atoms with Gasteiger partial charge in [-0.05, 0) is 24.5 Å². The number of alkyl halides is 4. The number of benzene rings is 2. The Balaban J connectivity index is 1.94. The maximum absolute atomic E-state index is 13.8. The Hall–Kier alpha value is -3.96. The molecule has 2 aromatic carbocycles. The van der Waals surface area contributed by atoms with Crippen LogP contribution in [0.2, 0.25) is 0 Å². The molecular weight excluding hydrogens is 488 g/mol. The van der Waals surface area contributed by atoms with Gasteiger partial charge in [0.1, 0.15) is 18.8 Å². The van der Waals surface area contributed by atoms with E-state index in [1.165, 1.54) is 30.3 Å². The number of aliphatic carboxylic acids is 1. The summed E-state index contributed by atoms with van der Waals surface area (Å²) in [5.41, 5.74) is 0.345. The third kappa shape index (κ3) is 6.18. The molecule has 192 valence electrons. The topological polar surface area (TPSA) is 113 Å². The van der Waals surface area contributed by atoms with E-state index in [9.17, 15) is 36.7 Å². The van der Waals surface area contributed by atoms with Gasteiger partial charge in [-0.3, -0.25) is 19.3 Å². The van der Waals surface area contributed by atoms with Crippen molar-refractivity contribution in [1.29, 1.82) is 0 Å². The number of nitrogens with one attached hydrogen (secondary N) is 1. The molecule has 1 aliphatic heterocycles. The molecule has 0 saturated heterocycles. The minimum absolute atomic E-state index is 0.0659. The number of rotatable bonds is 8. The fourth-order valence-electron chi connectivity index (χ4n) is 3.91. The molecule has 0 saturated carbocycles. The largest absolute Gasteiger partial charge is 0.481 e. The van der Waals surface area contributed by atoms with Crippen molar-refractivity contribution in [2.75, 3.05) is 11.6 Å². The Morgan fingerprint density at radius 3 is 2.31 bits per heavy atom. The fourth-order valence-corrected chi connectivity index (χ4v) is 3.91. The molecule has 1 aliphatic rings. The molecule has 2 aromatic rings. The van der Waals surface area contributed by atoms with Crippen LogP contribution in [0.3, 0.4) is 0 Å². The zero-order chi connectivity index (χ0) is 26.5. The van der Waals surface area contributed by atoms with Gasteiger partial charge in [0, 0.05) is 5.56 Å². The quantitative estimate of drug-likeness (QED) is 0.523. The van der Waals surface area contributed by atoms with Gasteiger partial charge in [-0.1, -0.05) is 48.5 Å². The van der Waals surface area contributed by atoms with E-state index in [-0.39, 0.29) is 24.1 Å². The van der Waals surface area contributed by atoms with Crippen LogP contribution in [-0.2, 0) is 25.5 Å². The van der Waals surface area contributed by atoms with Crippen LogP contribution >= 0.6 is 0 Å². The molecule has 0 spiro atoms. The second kappa shape index (κ2) is 11.2.